The van der Waals surface area contributed by atoms with E-state index in [1.54, 1.807) is 16.8 Å². The third kappa shape index (κ3) is 5.68. The predicted octanol–water partition coefficient (Wildman–Crippen LogP) is -5.22. The number of aliphatic carboxylic acids is 1. The summed E-state index contributed by atoms with van der Waals surface area (Å²) in [6.45, 7) is 0.309. The zero-order valence-corrected chi connectivity index (χ0v) is 23.2. The molecule has 3 heterocycles. The summed E-state index contributed by atoms with van der Waals surface area (Å²) in [5, 5.41) is 11.3. The molecular formula is C22H21N4NaO8S2. The molecule has 4 atom stereocenters. The van der Waals surface area contributed by atoms with Crippen LogP contribution in [0.4, 0.5) is 0 Å². The van der Waals surface area contributed by atoms with Gasteiger partial charge in [-0.15, -0.1) is 11.8 Å². The number of rotatable bonds is 8. The van der Waals surface area contributed by atoms with Gasteiger partial charge in [0.25, 0.3) is 5.91 Å². The number of nitrogens with one attached hydrogen (secondary N) is 1. The summed E-state index contributed by atoms with van der Waals surface area (Å²) in [4.78, 5) is 49.8. The number of carboxylic acid groups (broad SMARTS) is 1. The molecule has 3 aliphatic rings. The molecule has 37 heavy (non-hydrogen) atoms. The second kappa shape index (κ2) is 11.1. The molecule has 3 aliphatic heterocycles. The molecule has 15 heteroatoms. The van der Waals surface area contributed by atoms with Crippen LogP contribution in [0.25, 0.3) is 0 Å². The molecule has 0 aliphatic carbocycles. The quantitative estimate of drug-likeness (QED) is 0.103. The number of fused-ring (bicyclic) bond motifs is 1. The summed E-state index contributed by atoms with van der Waals surface area (Å²) in [6, 6.07) is 6.33. The van der Waals surface area contributed by atoms with E-state index in [9.17, 15) is 37.3 Å². The molecule has 1 fully saturated rings. The van der Waals surface area contributed by atoms with Gasteiger partial charge in [0.2, 0.25) is 11.8 Å². The van der Waals surface area contributed by atoms with Crippen molar-refractivity contribution in [3.8, 4) is 0 Å². The van der Waals surface area contributed by atoms with E-state index in [1.807, 2.05) is 0 Å². The minimum Gasteiger partial charge on any atom is -0.747 e. The number of benzene rings is 1. The van der Waals surface area contributed by atoms with E-state index in [0.717, 1.165) is 5.57 Å². The van der Waals surface area contributed by atoms with Crippen LogP contribution >= 0.6 is 11.8 Å². The van der Waals surface area contributed by atoms with Crippen LogP contribution in [0.15, 0.2) is 54.4 Å². The Morgan fingerprint density at radius 2 is 1.95 bits per heavy atom. The Kier molecular flexibility index (Phi) is 8.71. The Morgan fingerprint density at radius 3 is 2.49 bits per heavy atom. The molecule has 190 valence electrons. The van der Waals surface area contributed by atoms with Crippen LogP contribution in [0.1, 0.15) is 17.2 Å². The number of nitrogens with zero attached hydrogens (tertiary/aromatic N) is 2. The fraction of sp³-hybridized carbons (Fsp3) is 0.318. The number of β-lactam (4-membered cyclic amide) rings is 1. The van der Waals surface area contributed by atoms with Crippen molar-refractivity contribution < 1.29 is 71.4 Å². The maximum atomic E-state index is 12.7. The number of hydrogen-bond donors (Lipinski definition) is 2. The van der Waals surface area contributed by atoms with E-state index in [-0.39, 0.29) is 41.5 Å². The number of thioether (sulfide) groups is 1. The van der Waals surface area contributed by atoms with Gasteiger partial charge in [-0.3, -0.25) is 14.4 Å². The molecule has 0 radical (unpaired) electrons. The van der Waals surface area contributed by atoms with Gasteiger partial charge in [-0.25, -0.2) is 13.0 Å². The number of amides is 3. The van der Waals surface area contributed by atoms with Gasteiger partial charge in [-0.2, -0.15) is 0 Å². The zero-order chi connectivity index (χ0) is 26.3. The summed E-state index contributed by atoms with van der Waals surface area (Å²) >= 11 is 1.34. The first-order valence-electron chi connectivity index (χ1n) is 10.7. The van der Waals surface area contributed by atoms with E-state index in [2.05, 4.69) is 5.32 Å². The second-order valence-corrected chi connectivity index (χ2v) is 11.1. The fourth-order valence-electron chi connectivity index (χ4n) is 4.15. The number of nitrogens with two attached hydrogens (primary N) is 1. The third-order valence-corrected chi connectivity index (χ3v) is 8.60. The molecule has 0 aromatic heterocycles. The van der Waals surface area contributed by atoms with E-state index < -0.39 is 55.9 Å². The summed E-state index contributed by atoms with van der Waals surface area (Å²) in [6.07, 6.45) is 5.53. The molecule has 0 saturated carbocycles. The van der Waals surface area contributed by atoms with E-state index in [4.69, 9.17) is 5.73 Å². The van der Waals surface area contributed by atoms with Crippen LogP contribution in [-0.4, -0.2) is 76.1 Å². The van der Waals surface area contributed by atoms with Crippen molar-refractivity contribution in [1.82, 2.24) is 10.2 Å². The Labute approximate surface area is 238 Å². The van der Waals surface area contributed by atoms with Crippen LogP contribution in [0.3, 0.4) is 0 Å². The molecule has 0 spiro atoms. The average molecular weight is 557 g/mol. The van der Waals surface area contributed by atoms with Crippen LogP contribution < -0.4 is 45.7 Å². The topological polar surface area (TPSA) is 193 Å². The molecule has 1 aromatic rings. The zero-order valence-electron chi connectivity index (χ0n) is 19.6. The van der Waals surface area contributed by atoms with Crippen molar-refractivity contribution in [3.05, 3.63) is 59.9 Å². The van der Waals surface area contributed by atoms with Gasteiger partial charge in [0.1, 0.15) is 33.2 Å². The van der Waals surface area contributed by atoms with Crippen molar-refractivity contribution in [2.24, 2.45) is 11.1 Å². The average Bonchev–Trinajstić information content (AvgIpc) is 2.82. The van der Waals surface area contributed by atoms with Gasteiger partial charge in [-0.05, 0) is 5.56 Å². The number of carbonyl (C=O) groups is 4. The van der Waals surface area contributed by atoms with Gasteiger partial charge in [0.05, 0.1) is 5.97 Å². The maximum Gasteiger partial charge on any atom is 1.00 e. The van der Waals surface area contributed by atoms with Crippen LogP contribution in [-0.2, 0) is 29.3 Å². The number of carboxylic acids is 1. The van der Waals surface area contributed by atoms with E-state index >= 15 is 0 Å². The Morgan fingerprint density at radius 1 is 1.27 bits per heavy atom. The van der Waals surface area contributed by atoms with Gasteiger partial charge in [0.15, 0.2) is 18.0 Å². The van der Waals surface area contributed by atoms with Crippen molar-refractivity contribution in [2.45, 2.75) is 23.1 Å². The Hall–Kier alpha value is -2.49. The molecule has 0 bridgehead atoms. The standard InChI is InChI=1S/C22H22N4O8S2.Na/c23-20(29)22(21(30)31)6-8-25(9-7-22)10-13-11-26-18(28)15(19(26)35-12-13)24-17(27)16(36(32,33)34)14-4-2-1-3-5-14;/h1-6,8-9,11,15-16,19H,7,10,12H2,(H4-,23,24,27,29,30,31,32,33,34);/q;+1/p-1/t15?,16?,19-,22?;/m1./s1. The van der Waals surface area contributed by atoms with Gasteiger partial charge in [0, 0.05) is 30.0 Å². The van der Waals surface area contributed by atoms with Gasteiger partial charge >= 0.3 is 29.6 Å². The fourth-order valence-corrected chi connectivity index (χ4v) is 6.23. The van der Waals surface area contributed by atoms with Crippen molar-refractivity contribution in [2.75, 3.05) is 12.3 Å². The second-order valence-electron chi connectivity index (χ2n) is 8.50. The first-order chi connectivity index (χ1) is 16.9. The minimum atomic E-state index is -5.03. The Balaban J connectivity index is 0.00000380. The molecular weight excluding hydrogens is 535 g/mol. The largest absolute Gasteiger partial charge is 1.00 e. The molecule has 1 saturated heterocycles. The van der Waals surface area contributed by atoms with Crippen molar-refractivity contribution >= 4 is 51.8 Å². The third-order valence-electron chi connectivity index (χ3n) is 6.16. The molecule has 3 amide bonds. The molecule has 1 aromatic carbocycles. The first-order valence-corrected chi connectivity index (χ1v) is 13.2. The van der Waals surface area contributed by atoms with Gasteiger partial charge in [-0.1, -0.05) is 30.3 Å². The normalized spacial score (nSPS) is 25.4. The van der Waals surface area contributed by atoms with Crippen LogP contribution in [0, 0.1) is 5.41 Å². The number of carbonyl (C=O) groups excluding carboxylic acids is 4. The van der Waals surface area contributed by atoms with Crippen LogP contribution in [0.2, 0.25) is 0 Å². The summed E-state index contributed by atoms with van der Waals surface area (Å²) in [5.74, 6) is -3.68. The van der Waals surface area contributed by atoms with Crippen molar-refractivity contribution in [3.63, 3.8) is 0 Å². The van der Waals surface area contributed by atoms with E-state index in [1.165, 1.54) is 59.4 Å². The SMILES string of the molecule is NC(=O)C1(C(=O)[O-])C=C[N+](CC2=CN3C(=O)C(NC(=O)C(c4ccccc4)S(=O)(=O)[O-])[C@H]3SC2)=CC1.[Na+]. The van der Waals surface area contributed by atoms with Crippen molar-refractivity contribution in [1.29, 1.82) is 0 Å². The summed E-state index contributed by atoms with van der Waals surface area (Å²) in [5.41, 5.74) is 4.13. The number of hydrogen-bond acceptors (Lipinski definition) is 9. The Bertz CT molecular complexity index is 1320. The van der Waals surface area contributed by atoms with E-state index in [0.29, 0.717) is 12.3 Å². The summed E-state index contributed by atoms with van der Waals surface area (Å²) < 4.78 is 37.0. The number of primary amides is 1. The molecule has 3 unspecified atom stereocenters. The minimum absolute atomic E-state index is 0. The summed E-state index contributed by atoms with van der Waals surface area (Å²) in [7, 11) is -5.03. The monoisotopic (exact) mass is 556 g/mol. The molecule has 4 rings (SSSR count). The predicted molar refractivity (Wildman–Crippen MR) is 124 cm³/mol. The maximum absolute atomic E-state index is 12.7. The molecule has 3 N–H and O–H groups in total. The first kappa shape index (κ1) is 29.1. The smallest absolute Gasteiger partial charge is 0.747 e. The molecule has 12 nitrogen and oxygen atoms in total. The van der Waals surface area contributed by atoms with Gasteiger partial charge < -0.3 is 30.4 Å². The van der Waals surface area contributed by atoms with Crippen LogP contribution in [0.5, 0.6) is 0 Å².